The quantitative estimate of drug-likeness (QED) is 0.766. The molecule has 0 heterocycles. The zero-order chi connectivity index (χ0) is 13.0. The molecular formula is C16H19OSi-. The maximum atomic E-state index is 6.31. The highest BCUT2D eigenvalue weighted by Crippen LogP contribution is 2.09. The minimum atomic E-state index is -1.16. The number of hydrogen-bond donors (Lipinski definition) is 0. The van der Waals surface area contributed by atoms with Crippen LogP contribution in [0, 0.1) is 0 Å². The fourth-order valence-electron chi connectivity index (χ4n) is 1.77. The molecule has 0 atom stereocenters. The highest BCUT2D eigenvalue weighted by atomic mass is 28.3. The highest BCUT2D eigenvalue weighted by molar-refractivity contribution is 6.80. The molecule has 0 radical (unpaired) electrons. The van der Waals surface area contributed by atoms with Crippen LogP contribution in [0.5, 0.6) is 0 Å². The van der Waals surface area contributed by atoms with Gasteiger partial charge in [-0.2, -0.15) is 10.4 Å². The van der Waals surface area contributed by atoms with E-state index in [9.17, 15) is 0 Å². The van der Waals surface area contributed by atoms with Gasteiger partial charge in [0.2, 0.25) is 0 Å². The van der Waals surface area contributed by atoms with Crippen LogP contribution < -0.4 is 10.4 Å². The van der Waals surface area contributed by atoms with E-state index in [0.29, 0.717) is 0 Å². The van der Waals surface area contributed by atoms with Crippen molar-refractivity contribution in [3.05, 3.63) is 60.7 Å². The molecule has 0 bridgehead atoms. The van der Waals surface area contributed by atoms with E-state index in [0.717, 1.165) is 0 Å². The molecule has 0 aliphatic carbocycles. The van der Waals surface area contributed by atoms with E-state index in [1.165, 1.54) is 10.4 Å². The number of rotatable bonds is 3. The molecule has 2 aromatic carbocycles. The summed E-state index contributed by atoms with van der Waals surface area (Å²) in [6.45, 7) is 6.34. The molecule has 2 rings (SSSR count). The molecule has 0 aliphatic rings. The molecule has 0 aromatic heterocycles. The molecule has 0 fully saturated rings. The van der Waals surface area contributed by atoms with Crippen LogP contribution in [-0.2, 0) is 4.43 Å². The third-order valence-corrected chi connectivity index (χ3v) is 5.01. The molecule has 0 N–H and O–H groups in total. The lowest BCUT2D eigenvalue weighted by Gasteiger charge is -2.41. The molecule has 2 heteroatoms. The van der Waals surface area contributed by atoms with Crippen molar-refractivity contribution >= 4 is 19.4 Å². The first-order valence-electron chi connectivity index (χ1n) is 6.23. The summed E-state index contributed by atoms with van der Waals surface area (Å²) in [4.78, 5) is 0. The van der Waals surface area contributed by atoms with Crippen LogP contribution in [0.25, 0.3) is 0 Å². The molecule has 0 unspecified atom stereocenters. The van der Waals surface area contributed by atoms with Gasteiger partial charge >= 0.3 is 0 Å². The third kappa shape index (κ3) is 3.55. The second-order valence-electron chi connectivity index (χ2n) is 5.28. The minimum absolute atomic E-state index is 0.125. The van der Waals surface area contributed by atoms with E-state index in [-0.39, 0.29) is 5.60 Å². The lowest BCUT2D eigenvalue weighted by molar-refractivity contribution is 0.136. The Hall–Kier alpha value is -1.38. The van der Waals surface area contributed by atoms with Gasteiger partial charge in [0.25, 0.3) is 0 Å². The predicted octanol–water partition coefficient (Wildman–Crippen LogP) is 2.61. The molecule has 0 amide bonds. The Bertz CT molecular complexity index is 434. The largest absolute Gasteiger partial charge is 0.555 e. The van der Waals surface area contributed by atoms with Crippen molar-refractivity contribution in [3.63, 3.8) is 0 Å². The first-order valence-corrected chi connectivity index (χ1v) is 7.64. The molecule has 94 valence electrons. The Balaban J connectivity index is 2.36. The fraction of sp³-hybridized carbons (Fsp3) is 0.250. The van der Waals surface area contributed by atoms with Gasteiger partial charge in [-0.3, -0.25) is 0 Å². The molecule has 0 saturated carbocycles. The van der Waals surface area contributed by atoms with Crippen LogP contribution >= 0.6 is 0 Å². The van der Waals surface area contributed by atoms with Gasteiger partial charge in [-0.15, -0.1) is 9.04 Å². The molecule has 2 aromatic rings. The van der Waals surface area contributed by atoms with Crippen LogP contribution in [0.15, 0.2) is 60.7 Å². The van der Waals surface area contributed by atoms with E-state index < -0.39 is 9.04 Å². The van der Waals surface area contributed by atoms with Crippen molar-refractivity contribution in [1.82, 2.24) is 0 Å². The highest BCUT2D eigenvalue weighted by Gasteiger charge is 2.10. The third-order valence-electron chi connectivity index (χ3n) is 2.48. The molecule has 1 nitrogen and oxygen atoms in total. The standard InChI is InChI=1S/C16H19OSi/c1-16(2,3)17-18(14-10-6-4-7-11-14)15-12-8-5-9-13-15/h4-13H,1-3H3/q-1. The molecule has 18 heavy (non-hydrogen) atoms. The van der Waals surface area contributed by atoms with Gasteiger partial charge in [0.15, 0.2) is 0 Å². The second-order valence-corrected chi connectivity index (χ2v) is 7.29. The topological polar surface area (TPSA) is 9.23 Å². The SMILES string of the molecule is CC(C)(C)O[Si-](c1ccccc1)c1ccccc1. The van der Waals surface area contributed by atoms with Gasteiger partial charge in [0.1, 0.15) is 0 Å². The maximum Gasteiger partial charge on any atom is 0.0205 e. The minimum Gasteiger partial charge on any atom is -0.555 e. The zero-order valence-electron chi connectivity index (χ0n) is 11.2. The average molecular weight is 255 g/mol. The Kier molecular flexibility index (Phi) is 3.99. The van der Waals surface area contributed by atoms with Crippen LogP contribution in [-0.4, -0.2) is 14.6 Å². The van der Waals surface area contributed by atoms with Crippen molar-refractivity contribution in [2.45, 2.75) is 26.4 Å². The van der Waals surface area contributed by atoms with E-state index in [1.54, 1.807) is 0 Å². The summed E-state index contributed by atoms with van der Waals surface area (Å²) in [5.41, 5.74) is -0.125. The smallest absolute Gasteiger partial charge is 0.0205 e. The summed E-state index contributed by atoms with van der Waals surface area (Å²) in [6, 6.07) is 21.0. The lowest BCUT2D eigenvalue weighted by atomic mass is 10.2. The van der Waals surface area contributed by atoms with Gasteiger partial charge in [-0.05, 0) is 20.8 Å². The fourth-order valence-corrected chi connectivity index (χ4v) is 3.94. The summed E-state index contributed by atoms with van der Waals surface area (Å²) in [7, 11) is -1.16. The molecular weight excluding hydrogens is 236 g/mol. The summed E-state index contributed by atoms with van der Waals surface area (Å²) >= 11 is 0. The summed E-state index contributed by atoms with van der Waals surface area (Å²) in [5, 5.41) is 2.59. The van der Waals surface area contributed by atoms with E-state index >= 15 is 0 Å². The average Bonchev–Trinajstić information content (AvgIpc) is 2.37. The Morgan fingerprint density at radius 1 is 0.722 bits per heavy atom. The van der Waals surface area contributed by atoms with E-state index in [2.05, 4.69) is 69.3 Å². The Labute approximate surface area is 111 Å². The van der Waals surface area contributed by atoms with Gasteiger partial charge in [-0.1, -0.05) is 60.7 Å². The first kappa shape index (κ1) is 13.1. The monoisotopic (exact) mass is 255 g/mol. The van der Waals surface area contributed by atoms with Crippen LogP contribution in [0.3, 0.4) is 0 Å². The Morgan fingerprint density at radius 3 is 1.44 bits per heavy atom. The van der Waals surface area contributed by atoms with Crippen molar-refractivity contribution in [3.8, 4) is 0 Å². The summed E-state index contributed by atoms with van der Waals surface area (Å²) in [6.07, 6.45) is 0. The van der Waals surface area contributed by atoms with Crippen LogP contribution in [0.1, 0.15) is 20.8 Å². The van der Waals surface area contributed by atoms with Gasteiger partial charge in [0, 0.05) is 5.60 Å². The van der Waals surface area contributed by atoms with Gasteiger partial charge in [0.05, 0.1) is 0 Å². The van der Waals surface area contributed by atoms with Crippen LogP contribution in [0.4, 0.5) is 0 Å². The van der Waals surface area contributed by atoms with E-state index in [4.69, 9.17) is 4.43 Å². The Morgan fingerprint density at radius 2 is 1.11 bits per heavy atom. The van der Waals surface area contributed by atoms with Crippen molar-refractivity contribution in [2.75, 3.05) is 0 Å². The molecule has 0 aliphatic heterocycles. The maximum absolute atomic E-state index is 6.31. The van der Waals surface area contributed by atoms with E-state index in [1.807, 2.05) is 12.1 Å². The normalized spacial score (nSPS) is 11.3. The van der Waals surface area contributed by atoms with Crippen molar-refractivity contribution in [2.24, 2.45) is 0 Å². The summed E-state index contributed by atoms with van der Waals surface area (Å²) in [5.74, 6) is 0. The molecule has 0 spiro atoms. The van der Waals surface area contributed by atoms with Crippen LogP contribution in [0.2, 0.25) is 0 Å². The lowest BCUT2D eigenvalue weighted by Crippen LogP contribution is -2.49. The van der Waals surface area contributed by atoms with Crippen molar-refractivity contribution in [1.29, 1.82) is 0 Å². The number of benzene rings is 2. The summed E-state index contributed by atoms with van der Waals surface area (Å²) < 4.78 is 6.31. The van der Waals surface area contributed by atoms with Gasteiger partial charge < -0.3 is 4.43 Å². The van der Waals surface area contributed by atoms with Gasteiger partial charge in [-0.25, -0.2) is 0 Å². The number of hydrogen-bond acceptors (Lipinski definition) is 1. The predicted molar refractivity (Wildman–Crippen MR) is 78.7 cm³/mol. The first-order chi connectivity index (χ1) is 8.56. The van der Waals surface area contributed by atoms with Crippen molar-refractivity contribution < 1.29 is 4.43 Å². The second kappa shape index (κ2) is 5.51. The molecule has 0 saturated heterocycles. The zero-order valence-corrected chi connectivity index (χ0v) is 12.2.